The number of benzene rings is 1. The van der Waals surface area contributed by atoms with Gasteiger partial charge < -0.3 is 9.64 Å². The molecular weight excluding hydrogens is 238 g/mol. The minimum absolute atomic E-state index is 0.196. The fourth-order valence-electron chi connectivity index (χ4n) is 1.94. The van der Waals surface area contributed by atoms with E-state index < -0.39 is 0 Å². The number of methoxy groups -OCH3 is 1. The molecule has 0 radical (unpaired) electrons. The standard InChI is InChI=1S/C13H18ClNO2/c1-4-15(10(2)9-17-3)13-7-5-6-12(14)11(13)8-16/h5-8,10H,4,9H2,1-3H3. The van der Waals surface area contributed by atoms with Gasteiger partial charge in [-0.15, -0.1) is 0 Å². The normalized spacial score (nSPS) is 12.2. The third-order valence-electron chi connectivity index (χ3n) is 2.74. The highest BCUT2D eigenvalue weighted by Gasteiger charge is 2.17. The molecule has 1 aromatic carbocycles. The lowest BCUT2D eigenvalue weighted by atomic mass is 10.1. The molecule has 0 aromatic heterocycles. The first kappa shape index (κ1) is 14.0. The van der Waals surface area contributed by atoms with Crippen LogP contribution < -0.4 is 4.90 Å². The van der Waals surface area contributed by atoms with E-state index in [-0.39, 0.29) is 6.04 Å². The minimum atomic E-state index is 0.196. The maximum Gasteiger partial charge on any atom is 0.153 e. The van der Waals surface area contributed by atoms with Crippen molar-refractivity contribution >= 4 is 23.6 Å². The molecule has 0 bridgehead atoms. The number of hydrogen-bond acceptors (Lipinski definition) is 3. The van der Waals surface area contributed by atoms with Crippen molar-refractivity contribution in [1.29, 1.82) is 0 Å². The molecule has 3 nitrogen and oxygen atoms in total. The van der Waals surface area contributed by atoms with E-state index in [2.05, 4.69) is 11.8 Å². The zero-order valence-corrected chi connectivity index (χ0v) is 11.2. The lowest BCUT2D eigenvalue weighted by Gasteiger charge is -2.30. The second-order valence-corrected chi connectivity index (χ2v) is 4.29. The Bertz CT molecular complexity index is 382. The first-order chi connectivity index (χ1) is 8.15. The third-order valence-corrected chi connectivity index (χ3v) is 3.07. The number of ether oxygens (including phenoxy) is 1. The maximum atomic E-state index is 11.1. The Morgan fingerprint density at radius 3 is 2.76 bits per heavy atom. The summed E-state index contributed by atoms with van der Waals surface area (Å²) in [6, 6.07) is 5.68. The molecule has 0 aliphatic heterocycles. The van der Waals surface area contributed by atoms with Gasteiger partial charge in [-0.1, -0.05) is 17.7 Å². The number of aldehydes is 1. The van der Waals surface area contributed by atoms with Crippen LogP contribution in [0, 0.1) is 0 Å². The van der Waals surface area contributed by atoms with Crippen LogP contribution in [-0.2, 0) is 4.74 Å². The Balaban J connectivity index is 3.11. The number of hydrogen-bond donors (Lipinski definition) is 0. The van der Waals surface area contributed by atoms with Crippen LogP contribution in [0.3, 0.4) is 0 Å². The predicted octanol–water partition coefficient (Wildman–Crippen LogP) is 3.01. The van der Waals surface area contributed by atoms with Gasteiger partial charge >= 0.3 is 0 Å². The Hall–Kier alpha value is -1.06. The van der Waals surface area contributed by atoms with Gasteiger partial charge in [0.05, 0.1) is 17.2 Å². The van der Waals surface area contributed by atoms with Gasteiger partial charge in [-0.3, -0.25) is 4.79 Å². The fraction of sp³-hybridized carbons (Fsp3) is 0.462. The van der Waals surface area contributed by atoms with Crippen molar-refractivity contribution in [2.24, 2.45) is 0 Å². The van der Waals surface area contributed by atoms with E-state index in [4.69, 9.17) is 16.3 Å². The van der Waals surface area contributed by atoms with Crippen LogP contribution in [0.1, 0.15) is 24.2 Å². The summed E-state index contributed by atoms with van der Waals surface area (Å²) in [5.41, 5.74) is 1.40. The molecule has 0 saturated heterocycles. The second kappa shape index (κ2) is 6.62. The number of rotatable bonds is 6. The summed E-state index contributed by atoms with van der Waals surface area (Å²) in [6.07, 6.45) is 0.805. The lowest BCUT2D eigenvalue weighted by molar-refractivity contribution is 0.112. The summed E-state index contributed by atoms with van der Waals surface area (Å²) in [6.45, 7) is 5.51. The molecule has 0 fully saturated rings. The van der Waals surface area contributed by atoms with Gasteiger partial charge in [-0.25, -0.2) is 0 Å². The van der Waals surface area contributed by atoms with Gasteiger partial charge in [-0.05, 0) is 26.0 Å². The molecule has 0 amide bonds. The van der Waals surface area contributed by atoms with Gasteiger partial charge in [0.15, 0.2) is 6.29 Å². The van der Waals surface area contributed by atoms with E-state index >= 15 is 0 Å². The summed E-state index contributed by atoms with van der Waals surface area (Å²) >= 11 is 6.02. The Morgan fingerprint density at radius 1 is 1.53 bits per heavy atom. The highest BCUT2D eigenvalue weighted by molar-refractivity contribution is 6.33. The molecule has 1 rings (SSSR count). The first-order valence-electron chi connectivity index (χ1n) is 5.65. The molecule has 1 atom stereocenters. The highest BCUT2D eigenvalue weighted by Crippen LogP contribution is 2.27. The molecule has 1 aromatic rings. The fourth-order valence-corrected chi connectivity index (χ4v) is 2.16. The van der Waals surface area contributed by atoms with E-state index in [1.54, 1.807) is 13.2 Å². The molecule has 0 aliphatic carbocycles. The molecule has 0 heterocycles. The molecule has 1 unspecified atom stereocenters. The Kier molecular flexibility index (Phi) is 5.45. The largest absolute Gasteiger partial charge is 0.383 e. The highest BCUT2D eigenvalue weighted by atomic mass is 35.5. The Labute approximate surface area is 107 Å². The van der Waals surface area contributed by atoms with E-state index in [1.807, 2.05) is 19.1 Å². The van der Waals surface area contributed by atoms with Crippen LogP contribution in [0.4, 0.5) is 5.69 Å². The number of likely N-dealkylation sites (N-methyl/N-ethyl adjacent to an activating group) is 1. The van der Waals surface area contributed by atoms with Crippen molar-refractivity contribution in [2.45, 2.75) is 19.9 Å². The molecule has 17 heavy (non-hydrogen) atoms. The van der Waals surface area contributed by atoms with Gasteiger partial charge in [0.1, 0.15) is 0 Å². The van der Waals surface area contributed by atoms with E-state index in [0.29, 0.717) is 17.2 Å². The molecule has 0 saturated carbocycles. The summed E-state index contributed by atoms with van der Waals surface area (Å²) in [7, 11) is 1.67. The quantitative estimate of drug-likeness (QED) is 0.732. The average molecular weight is 256 g/mol. The molecular formula is C13H18ClNO2. The van der Waals surface area contributed by atoms with Crippen molar-refractivity contribution in [3.63, 3.8) is 0 Å². The van der Waals surface area contributed by atoms with Gasteiger partial charge in [0.2, 0.25) is 0 Å². The first-order valence-corrected chi connectivity index (χ1v) is 6.02. The van der Waals surface area contributed by atoms with Crippen molar-refractivity contribution in [3.05, 3.63) is 28.8 Å². The average Bonchev–Trinajstić information content (AvgIpc) is 2.30. The molecule has 0 aliphatic rings. The Morgan fingerprint density at radius 2 is 2.24 bits per heavy atom. The van der Waals surface area contributed by atoms with Crippen LogP contribution in [-0.4, -0.2) is 32.6 Å². The number of anilines is 1. The number of nitrogens with zero attached hydrogens (tertiary/aromatic N) is 1. The van der Waals surface area contributed by atoms with Gasteiger partial charge in [0.25, 0.3) is 0 Å². The van der Waals surface area contributed by atoms with Crippen LogP contribution in [0.25, 0.3) is 0 Å². The molecule has 0 spiro atoms. The molecule has 4 heteroatoms. The van der Waals surface area contributed by atoms with Crippen molar-refractivity contribution in [3.8, 4) is 0 Å². The van der Waals surface area contributed by atoms with Crippen LogP contribution in [0.15, 0.2) is 18.2 Å². The van der Waals surface area contributed by atoms with Crippen molar-refractivity contribution in [2.75, 3.05) is 25.2 Å². The summed E-state index contributed by atoms with van der Waals surface area (Å²) in [4.78, 5) is 13.2. The van der Waals surface area contributed by atoms with Crippen LogP contribution >= 0.6 is 11.6 Å². The lowest BCUT2D eigenvalue weighted by Crippen LogP contribution is -2.36. The third kappa shape index (κ3) is 3.20. The number of carbonyl (C=O) groups is 1. The van der Waals surface area contributed by atoms with Crippen molar-refractivity contribution in [1.82, 2.24) is 0 Å². The molecule has 94 valence electrons. The van der Waals surface area contributed by atoms with Crippen LogP contribution in [0.2, 0.25) is 5.02 Å². The zero-order valence-electron chi connectivity index (χ0n) is 10.4. The van der Waals surface area contributed by atoms with E-state index in [1.165, 1.54) is 0 Å². The minimum Gasteiger partial charge on any atom is -0.383 e. The summed E-state index contributed by atoms with van der Waals surface area (Å²) in [5.74, 6) is 0. The zero-order chi connectivity index (χ0) is 12.8. The number of carbonyl (C=O) groups excluding carboxylic acids is 1. The number of halogens is 1. The van der Waals surface area contributed by atoms with E-state index in [9.17, 15) is 4.79 Å². The topological polar surface area (TPSA) is 29.5 Å². The van der Waals surface area contributed by atoms with Gasteiger partial charge in [-0.2, -0.15) is 0 Å². The van der Waals surface area contributed by atoms with E-state index in [0.717, 1.165) is 18.5 Å². The SMILES string of the molecule is CCN(c1cccc(Cl)c1C=O)C(C)COC. The summed E-state index contributed by atoms with van der Waals surface area (Å²) < 4.78 is 5.15. The summed E-state index contributed by atoms with van der Waals surface area (Å²) in [5, 5.41) is 0.487. The maximum absolute atomic E-state index is 11.1. The van der Waals surface area contributed by atoms with Crippen molar-refractivity contribution < 1.29 is 9.53 Å². The predicted molar refractivity (Wildman–Crippen MR) is 71.2 cm³/mol. The molecule has 0 N–H and O–H groups in total. The second-order valence-electron chi connectivity index (χ2n) is 3.88. The van der Waals surface area contributed by atoms with Gasteiger partial charge in [0, 0.05) is 25.4 Å². The van der Waals surface area contributed by atoms with Crippen LogP contribution in [0.5, 0.6) is 0 Å². The monoisotopic (exact) mass is 255 g/mol. The smallest absolute Gasteiger partial charge is 0.153 e.